The van der Waals surface area contributed by atoms with E-state index in [1.54, 1.807) is 0 Å². The third-order valence-corrected chi connectivity index (χ3v) is 3.63. The smallest absolute Gasteiger partial charge is 0.123 e. The quantitative estimate of drug-likeness (QED) is 0.820. The van der Waals surface area contributed by atoms with Crippen molar-refractivity contribution in [2.45, 2.75) is 39.0 Å². The van der Waals surface area contributed by atoms with Crippen molar-refractivity contribution in [1.82, 2.24) is 14.9 Å². The minimum absolute atomic E-state index is 0.214. The van der Waals surface area contributed by atoms with Crippen molar-refractivity contribution in [1.29, 1.82) is 0 Å². The number of imidazole rings is 1. The normalized spacial score (nSPS) is 16.9. The predicted octanol–water partition coefficient (Wildman–Crippen LogP) is 2.39. The zero-order valence-electron chi connectivity index (χ0n) is 11.9. The average molecular weight is 271 g/mol. The van der Waals surface area contributed by atoms with E-state index in [2.05, 4.69) is 33.9 Å². The second-order valence-electron chi connectivity index (χ2n) is 5.22. The van der Waals surface area contributed by atoms with Crippen molar-refractivity contribution in [2.75, 3.05) is 6.54 Å². The first-order chi connectivity index (χ1) is 9.86. The lowest BCUT2D eigenvalue weighted by Gasteiger charge is -2.14. The van der Waals surface area contributed by atoms with Crippen molar-refractivity contribution in [3.63, 3.8) is 0 Å². The standard InChI is InChI=1S/C16H21N3O/c1-2-7-17-11-16-18-8-9-19(16)12-14-10-13-5-3-4-6-15(13)20-14/h3-6,8-9,14,17H,2,7,10-12H2,1H3. The fourth-order valence-electron chi connectivity index (χ4n) is 2.63. The van der Waals surface area contributed by atoms with E-state index in [0.717, 1.165) is 44.0 Å². The maximum absolute atomic E-state index is 5.99. The third kappa shape index (κ3) is 2.85. The average Bonchev–Trinajstić information content (AvgIpc) is 3.06. The largest absolute Gasteiger partial charge is 0.488 e. The van der Waals surface area contributed by atoms with Gasteiger partial charge in [0, 0.05) is 18.8 Å². The molecule has 0 saturated heterocycles. The molecular weight excluding hydrogens is 250 g/mol. The van der Waals surface area contributed by atoms with Crippen LogP contribution in [0.4, 0.5) is 0 Å². The number of hydrogen-bond donors (Lipinski definition) is 1. The maximum atomic E-state index is 5.99. The molecule has 1 aliphatic heterocycles. The van der Waals surface area contributed by atoms with Gasteiger partial charge in [0.2, 0.25) is 0 Å². The Labute approximate surface area is 119 Å². The number of rotatable bonds is 6. The SMILES string of the molecule is CCCNCc1nccn1CC1Cc2ccccc2O1. The molecule has 1 aliphatic rings. The number of benzene rings is 1. The molecule has 0 spiro atoms. The predicted molar refractivity (Wildman–Crippen MR) is 78.8 cm³/mol. The molecule has 2 aromatic rings. The lowest BCUT2D eigenvalue weighted by molar-refractivity contribution is 0.207. The van der Waals surface area contributed by atoms with Crippen molar-refractivity contribution >= 4 is 0 Å². The number of ether oxygens (including phenoxy) is 1. The highest BCUT2D eigenvalue weighted by atomic mass is 16.5. The molecule has 1 N–H and O–H groups in total. The molecule has 0 radical (unpaired) electrons. The molecule has 3 rings (SSSR count). The fourth-order valence-corrected chi connectivity index (χ4v) is 2.63. The number of hydrogen-bond acceptors (Lipinski definition) is 3. The molecule has 1 unspecified atom stereocenters. The van der Waals surface area contributed by atoms with Gasteiger partial charge < -0.3 is 14.6 Å². The highest BCUT2D eigenvalue weighted by molar-refractivity contribution is 5.37. The number of nitrogens with one attached hydrogen (secondary N) is 1. The molecule has 0 fully saturated rings. The highest BCUT2D eigenvalue weighted by Crippen LogP contribution is 2.28. The first-order valence-corrected chi connectivity index (χ1v) is 7.32. The van der Waals surface area contributed by atoms with Gasteiger partial charge in [0.05, 0.1) is 13.1 Å². The van der Waals surface area contributed by atoms with Crippen LogP contribution in [-0.4, -0.2) is 22.2 Å². The van der Waals surface area contributed by atoms with Crippen molar-refractivity contribution < 1.29 is 4.74 Å². The van der Waals surface area contributed by atoms with Gasteiger partial charge in [-0.1, -0.05) is 25.1 Å². The fraction of sp³-hybridized carbons (Fsp3) is 0.438. The molecule has 1 atom stereocenters. The van der Waals surface area contributed by atoms with Crippen molar-refractivity contribution in [3.8, 4) is 5.75 Å². The van der Waals surface area contributed by atoms with E-state index in [-0.39, 0.29) is 6.10 Å². The first-order valence-electron chi connectivity index (χ1n) is 7.32. The monoisotopic (exact) mass is 271 g/mol. The summed E-state index contributed by atoms with van der Waals surface area (Å²) in [6.45, 7) is 4.87. The third-order valence-electron chi connectivity index (χ3n) is 3.63. The van der Waals surface area contributed by atoms with Crippen LogP contribution in [0.15, 0.2) is 36.7 Å². The van der Waals surface area contributed by atoms with Gasteiger partial charge in [0.25, 0.3) is 0 Å². The van der Waals surface area contributed by atoms with E-state index in [1.807, 2.05) is 24.5 Å². The van der Waals surface area contributed by atoms with Crippen LogP contribution in [0, 0.1) is 0 Å². The van der Waals surface area contributed by atoms with E-state index in [0.29, 0.717) is 0 Å². The van der Waals surface area contributed by atoms with Gasteiger partial charge in [-0.2, -0.15) is 0 Å². The Balaban J connectivity index is 1.61. The van der Waals surface area contributed by atoms with Crippen LogP contribution in [0.2, 0.25) is 0 Å². The Bertz CT molecular complexity index is 539. The summed E-state index contributed by atoms with van der Waals surface area (Å²) in [5, 5.41) is 3.40. The summed E-state index contributed by atoms with van der Waals surface area (Å²) in [6, 6.07) is 8.29. The zero-order valence-corrected chi connectivity index (χ0v) is 11.9. The highest BCUT2D eigenvalue weighted by Gasteiger charge is 2.23. The first kappa shape index (κ1) is 13.2. The van der Waals surface area contributed by atoms with Crippen LogP contribution in [0.5, 0.6) is 5.75 Å². The molecule has 1 aromatic heterocycles. The molecule has 0 aliphatic carbocycles. The molecule has 0 amide bonds. The minimum atomic E-state index is 0.214. The molecule has 4 heteroatoms. The summed E-state index contributed by atoms with van der Waals surface area (Å²) in [7, 11) is 0. The summed E-state index contributed by atoms with van der Waals surface area (Å²) >= 11 is 0. The van der Waals surface area contributed by atoms with Crippen LogP contribution in [0.3, 0.4) is 0 Å². The number of aromatic nitrogens is 2. The zero-order chi connectivity index (χ0) is 13.8. The van der Waals surface area contributed by atoms with Gasteiger partial charge >= 0.3 is 0 Å². The summed E-state index contributed by atoms with van der Waals surface area (Å²) in [5.74, 6) is 2.11. The van der Waals surface area contributed by atoms with Gasteiger partial charge in [0.15, 0.2) is 0 Å². The summed E-state index contributed by atoms with van der Waals surface area (Å²) in [6.07, 6.45) is 6.24. The number of fused-ring (bicyclic) bond motifs is 1. The Morgan fingerprint density at radius 2 is 2.30 bits per heavy atom. The Hall–Kier alpha value is -1.81. The van der Waals surface area contributed by atoms with E-state index in [9.17, 15) is 0 Å². The van der Waals surface area contributed by atoms with Crippen LogP contribution in [0.1, 0.15) is 24.7 Å². The lowest BCUT2D eigenvalue weighted by atomic mass is 10.1. The van der Waals surface area contributed by atoms with Gasteiger partial charge in [-0.25, -0.2) is 4.98 Å². The van der Waals surface area contributed by atoms with E-state index >= 15 is 0 Å². The van der Waals surface area contributed by atoms with Gasteiger partial charge in [-0.15, -0.1) is 0 Å². The van der Waals surface area contributed by atoms with Crippen LogP contribution < -0.4 is 10.1 Å². The van der Waals surface area contributed by atoms with E-state index < -0.39 is 0 Å². The van der Waals surface area contributed by atoms with Crippen molar-refractivity contribution in [3.05, 3.63) is 48.0 Å². The second kappa shape index (κ2) is 6.09. The summed E-state index contributed by atoms with van der Waals surface area (Å²) in [4.78, 5) is 4.42. The molecule has 106 valence electrons. The Morgan fingerprint density at radius 1 is 1.40 bits per heavy atom. The van der Waals surface area contributed by atoms with Crippen LogP contribution in [0.25, 0.3) is 0 Å². The van der Waals surface area contributed by atoms with E-state index in [1.165, 1.54) is 5.56 Å². The van der Waals surface area contributed by atoms with Gasteiger partial charge in [-0.05, 0) is 24.6 Å². The number of para-hydroxylation sites is 1. The maximum Gasteiger partial charge on any atom is 0.123 e. The molecular formula is C16H21N3O. The topological polar surface area (TPSA) is 39.1 Å². The van der Waals surface area contributed by atoms with Crippen molar-refractivity contribution in [2.24, 2.45) is 0 Å². The van der Waals surface area contributed by atoms with Crippen LogP contribution in [-0.2, 0) is 19.5 Å². The number of nitrogens with zero attached hydrogens (tertiary/aromatic N) is 2. The molecule has 20 heavy (non-hydrogen) atoms. The lowest BCUT2D eigenvalue weighted by Crippen LogP contribution is -2.24. The van der Waals surface area contributed by atoms with Gasteiger partial charge in [0.1, 0.15) is 17.7 Å². The second-order valence-corrected chi connectivity index (χ2v) is 5.22. The molecule has 2 heterocycles. The molecule has 0 saturated carbocycles. The molecule has 4 nitrogen and oxygen atoms in total. The van der Waals surface area contributed by atoms with E-state index in [4.69, 9.17) is 4.74 Å². The Kier molecular flexibility index (Phi) is 4.02. The summed E-state index contributed by atoms with van der Waals surface area (Å²) in [5.41, 5.74) is 1.31. The summed E-state index contributed by atoms with van der Waals surface area (Å²) < 4.78 is 8.19. The minimum Gasteiger partial charge on any atom is -0.488 e. The molecule has 0 bridgehead atoms. The van der Waals surface area contributed by atoms with Gasteiger partial charge in [-0.3, -0.25) is 0 Å². The molecule has 1 aromatic carbocycles. The van der Waals surface area contributed by atoms with Crippen LogP contribution >= 0.6 is 0 Å². The Morgan fingerprint density at radius 3 is 3.15 bits per heavy atom.